The molecular formula is C22H33FIN5O. The average molecular weight is 529 g/mol. The summed E-state index contributed by atoms with van der Waals surface area (Å²) in [4.78, 5) is 19.4. The highest BCUT2D eigenvalue weighted by atomic mass is 127. The summed E-state index contributed by atoms with van der Waals surface area (Å²) in [5.41, 5.74) is 1.95. The van der Waals surface area contributed by atoms with Gasteiger partial charge >= 0.3 is 0 Å². The molecule has 2 aromatic rings. The number of fused-ring (bicyclic) bond motifs is 1. The third-order valence-corrected chi connectivity index (χ3v) is 5.58. The third-order valence-electron chi connectivity index (χ3n) is 5.58. The van der Waals surface area contributed by atoms with E-state index >= 15 is 0 Å². The Kier molecular flexibility index (Phi) is 10.4. The van der Waals surface area contributed by atoms with Crippen LogP contribution in [0.2, 0.25) is 0 Å². The molecule has 4 N–H and O–H groups in total. The van der Waals surface area contributed by atoms with Crippen LogP contribution in [0, 0.1) is 11.7 Å². The first-order valence-corrected chi connectivity index (χ1v) is 10.6. The fourth-order valence-electron chi connectivity index (χ4n) is 4.01. The number of aliphatic imine (C=N–C) groups is 1. The number of nitrogens with zero attached hydrogens (tertiary/aromatic N) is 1. The van der Waals surface area contributed by atoms with Gasteiger partial charge in [-0.25, -0.2) is 4.39 Å². The molecule has 3 rings (SSSR count). The number of rotatable bonds is 8. The summed E-state index contributed by atoms with van der Waals surface area (Å²) in [5.74, 6) is 1.18. The number of aromatic nitrogens is 1. The van der Waals surface area contributed by atoms with Crippen molar-refractivity contribution in [3.05, 3.63) is 35.8 Å². The van der Waals surface area contributed by atoms with Crippen molar-refractivity contribution < 1.29 is 9.18 Å². The number of hydrogen-bond donors (Lipinski definition) is 4. The van der Waals surface area contributed by atoms with Crippen LogP contribution in [0.5, 0.6) is 0 Å². The van der Waals surface area contributed by atoms with Gasteiger partial charge in [0.2, 0.25) is 5.91 Å². The summed E-state index contributed by atoms with van der Waals surface area (Å²) in [6, 6.07) is 4.80. The summed E-state index contributed by atoms with van der Waals surface area (Å²) in [6.07, 6.45) is 9.58. The predicted octanol–water partition coefficient (Wildman–Crippen LogP) is 3.72. The second-order valence-electron chi connectivity index (χ2n) is 7.74. The molecule has 6 nitrogen and oxygen atoms in total. The SMILES string of the molecule is CN=C(NCCNC(=O)CC1CCCCC1)NCCc1c[nH]c2cc(F)ccc12.I. The number of guanidine groups is 1. The molecule has 1 aliphatic carbocycles. The van der Waals surface area contributed by atoms with Crippen molar-refractivity contribution in [2.45, 2.75) is 44.9 Å². The molecule has 0 radical (unpaired) electrons. The Morgan fingerprint density at radius 1 is 1.13 bits per heavy atom. The topological polar surface area (TPSA) is 81.3 Å². The van der Waals surface area contributed by atoms with E-state index in [2.05, 4.69) is 25.9 Å². The Balaban J connectivity index is 0.00000320. The first kappa shape index (κ1) is 24.4. The average Bonchev–Trinajstić information content (AvgIpc) is 3.12. The number of carbonyl (C=O) groups excluding carboxylic acids is 1. The number of aromatic amines is 1. The van der Waals surface area contributed by atoms with Gasteiger partial charge in [-0.1, -0.05) is 19.3 Å². The third kappa shape index (κ3) is 7.45. The highest BCUT2D eigenvalue weighted by molar-refractivity contribution is 14.0. The standard InChI is InChI=1S/C22H32FN5O.HI/c1-24-22(27-12-11-25-21(29)13-16-5-3-2-4-6-16)26-10-9-17-15-28-20-14-18(23)7-8-19(17)20;/h7-8,14-16,28H,2-6,9-13H2,1H3,(H,25,29)(H2,24,26,27);1H. The summed E-state index contributed by atoms with van der Waals surface area (Å²) in [6.45, 7) is 1.92. The van der Waals surface area contributed by atoms with E-state index in [1.54, 1.807) is 13.1 Å². The number of H-pyrrole nitrogens is 1. The first-order chi connectivity index (χ1) is 14.2. The molecule has 1 aliphatic rings. The van der Waals surface area contributed by atoms with Crippen LogP contribution in [0.4, 0.5) is 4.39 Å². The maximum Gasteiger partial charge on any atom is 0.220 e. The molecule has 1 amide bonds. The van der Waals surface area contributed by atoms with Crippen LogP contribution < -0.4 is 16.0 Å². The van der Waals surface area contributed by atoms with E-state index in [4.69, 9.17) is 0 Å². The predicted molar refractivity (Wildman–Crippen MR) is 131 cm³/mol. The van der Waals surface area contributed by atoms with Crippen LogP contribution in [-0.2, 0) is 11.2 Å². The van der Waals surface area contributed by atoms with E-state index in [0.29, 0.717) is 37.9 Å². The van der Waals surface area contributed by atoms with Crippen molar-refractivity contribution >= 4 is 46.7 Å². The Labute approximate surface area is 194 Å². The monoisotopic (exact) mass is 529 g/mol. The Bertz CT molecular complexity index is 832. The lowest BCUT2D eigenvalue weighted by atomic mass is 9.87. The number of amides is 1. The van der Waals surface area contributed by atoms with Crippen molar-refractivity contribution in [2.24, 2.45) is 10.9 Å². The van der Waals surface area contributed by atoms with E-state index in [1.807, 2.05) is 6.20 Å². The minimum Gasteiger partial charge on any atom is -0.361 e. The van der Waals surface area contributed by atoms with Crippen molar-refractivity contribution in [2.75, 3.05) is 26.7 Å². The molecule has 8 heteroatoms. The summed E-state index contributed by atoms with van der Waals surface area (Å²) in [7, 11) is 1.73. The Morgan fingerprint density at radius 2 is 1.87 bits per heavy atom. The number of benzene rings is 1. The number of halogens is 2. The fourth-order valence-corrected chi connectivity index (χ4v) is 4.01. The molecule has 1 aromatic heterocycles. The van der Waals surface area contributed by atoms with Gasteiger partial charge in [-0.05, 0) is 48.9 Å². The Hall–Kier alpha value is -1.84. The van der Waals surface area contributed by atoms with Crippen molar-refractivity contribution in [3.8, 4) is 0 Å². The highest BCUT2D eigenvalue weighted by Crippen LogP contribution is 2.26. The lowest BCUT2D eigenvalue weighted by molar-refractivity contribution is -0.122. The van der Waals surface area contributed by atoms with E-state index in [-0.39, 0.29) is 35.7 Å². The van der Waals surface area contributed by atoms with Crippen LogP contribution in [-0.4, -0.2) is 43.5 Å². The number of hydrogen-bond acceptors (Lipinski definition) is 2. The van der Waals surface area contributed by atoms with E-state index in [1.165, 1.54) is 44.2 Å². The molecule has 1 fully saturated rings. The molecule has 0 atom stereocenters. The van der Waals surface area contributed by atoms with Gasteiger partial charge < -0.3 is 20.9 Å². The van der Waals surface area contributed by atoms with E-state index in [0.717, 1.165) is 22.9 Å². The molecule has 166 valence electrons. The molecule has 0 bridgehead atoms. The number of carbonyl (C=O) groups is 1. The smallest absolute Gasteiger partial charge is 0.220 e. The quantitative estimate of drug-likeness (QED) is 0.182. The molecule has 30 heavy (non-hydrogen) atoms. The zero-order valence-electron chi connectivity index (χ0n) is 17.6. The van der Waals surface area contributed by atoms with Crippen LogP contribution in [0.15, 0.2) is 29.4 Å². The van der Waals surface area contributed by atoms with Crippen molar-refractivity contribution in [1.82, 2.24) is 20.9 Å². The lowest BCUT2D eigenvalue weighted by Gasteiger charge is -2.20. The van der Waals surface area contributed by atoms with Crippen molar-refractivity contribution in [1.29, 1.82) is 0 Å². The summed E-state index contributed by atoms with van der Waals surface area (Å²) >= 11 is 0. The normalized spacial score (nSPS) is 14.9. The van der Waals surface area contributed by atoms with E-state index in [9.17, 15) is 9.18 Å². The summed E-state index contributed by atoms with van der Waals surface area (Å²) in [5, 5.41) is 10.5. The van der Waals surface area contributed by atoms with Gasteiger partial charge in [0.1, 0.15) is 5.82 Å². The molecule has 1 heterocycles. The maximum atomic E-state index is 13.3. The second kappa shape index (κ2) is 12.8. The molecule has 0 aliphatic heterocycles. The van der Waals surface area contributed by atoms with Gasteiger partial charge in [-0.15, -0.1) is 24.0 Å². The molecule has 1 saturated carbocycles. The van der Waals surface area contributed by atoms with E-state index < -0.39 is 0 Å². The largest absolute Gasteiger partial charge is 0.361 e. The van der Waals surface area contributed by atoms with Gasteiger partial charge in [0.15, 0.2) is 5.96 Å². The van der Waals surface area contributed by atoms with Gasteiger partial charge in [-0.3, -0.25) is 9.79 Å². The van der Waals surface area contributed by atoms with Gasteiger partial charge in [0.25, 0.3) is 0 Å². The van der Waals surface area contributed by atoms with Gasteiger partial charge in [-0.2, -0.15) is 0 Å². The molecule has 0 saturated heterocycles. The molecule has 1 aromatic carbocycles. The van der Waals surface area contributed by atoms with Gasteiger partial charge in [0, 0.05) is 50.2 Å². The molecule has 0 spiro atoms. The zero-order valence-corrected chi connectivity index (χ0v) is 19.9. The molecule has 0 unspecified atom stereocenters. The first-order valence-electron chi connectivity index (χ1n) is 10.6. The Morgan fingerprint density at radius 3 is 2.63 bits per heavy atom. The molecular weight excluding hydrogens is 496 g/mol. The van der Waals surface area contributed by atoms with Crippen LogP contribution in [0.3, 0.4) is 0 Å². The van der Waals surface area contributed by atoms with Gasteiger partial charge in [0.05, 0.1) is 0 Å². The highest BCUT2D eigenvalue weighted by Gasteiger charge is 2.16. The van der Waals surface area contributed by atoms with Crippen LogP contribution in [0.25, 0.3) is 10.9 Å². The lowest BCUT2D eigenvalue weighted by Crippen LogP contribution is -2.42. The summed E-state index contributed by atoms with van der Waals surface area (Å²) < 4.78 is 13.3. The minimum absolute atomic E-state index is 0. The van der Waals surface area contributed by atoms with Crippen molar-refractivity contribution in [3.63, 3.8) is 0 Å². The second-order valence-corrected chi connectivity index (χ2v) is 7.74. The zero-order chi connectivity index (χ0) is 20.5. The number of nitrogens with one attached hydrogen (secondary N) is 4. The minimum atomic E-state index is -0.237. The van der Waals surface area contributed by atoms with Crippen LogP contribution in [0.1, 0.15) is 44.1 Å². The fraction of sp³-hybridized carbons (Fsp3) is 0.545. The van der Waals surface area contributed by atoms with Crippen LogP contribution >= 0.6 is 24.0 Å². The maximum absolute atomic E-state index is 13.3.